The Kier molecular flexibility index (Phi) is 6.14. The number of hydrogen-bond donors (Lipinski definition) is 2. The monoisotopic (exact) mass is 255 g/mol. The number of carbonyl (C=O) groups is 1. The van der Waals surface area contributed by atoms with E-state index in [2.05, 4.69) is 5.32 Å². The van der Waals surface area contributed by atoms with E-state index in [9.17, 15) is 9.18 Å². The van der Waals surface area contributed by atoms with Crippen molar-refractivity contribution in [1.29, 1.82) is 0 Å². The molecule has 1 aromatic carbocycles. The summed E-state index contributed by atoms with van der Waals surface area (Å²) in [7, 11) is 1.42. The first kappa shape index (κ1) is 14.4. The molecule has 100 valence electrons. The summed E-state index contributed by atoms with van der Waals surface area (Å²) < 4.78 is 18.2. The summed E-state index contributed by atoms with van der Waals surface area (Å²) in [4.78, 5) is 11.2. The first-order valence-electron chi connectivity index (χ1n) is 5.87. The van der Waals surface area contributed by atoms with Crippen molar-refractivity contribution in [2.75, 3.05) is 20.3 Å². The zero-order valence-electron chi connectivity index (χ0n) is 10.4. The van der Waals surface area contributed by atoms with Crippen molar-refractivity contribution in [2.24, 2.45) is 0 Å². The minimum Gasteiger partial charge on any atom is -0.494 e. The molecule has 0 aromatic heterocycles. The molecule has 0 radical (unpaired) electrons. The molecule has 5 heteroatoms. The van der Waals surface area contributed by atoms with Crippen LogP contribution < -0.4 is 10.1 Å². The van der Waals surface area contributed by atoms with Crippen molar-refractivity contribution in [3.63, 3.8) is 0 Å². The zero-order chi connectivity index (χ0) is 13.4. The lowest BCUT2D eigenvalue weighted by Crippen LogP contribution is -2.25. The maximum absolute atomic E-state index is 13.4. The Morgan fingerprint density at radius 2 is 2.28 bits per heavy atom. The van der Waals surface area contributed by atoms with E-state index in [1.54, 1.807) is 12.1 Å². The van der Waals surface area contributed by atoms with Gasteiger partial charge in [0.25, 0.3) is 0 Å². The van der Waals surface area contributed by atoms with Crippen LogP contribution in [0.4, 0.5) is 4.39 Å². The number of methoxy groups -OCH3 is 1. The highest BCUT2D eigenvalue weighted by atomic mass is 19.1. The fourth-order valence-corrected chi connectivity index (χ4v) is 1.54. The summed E-state index contributed by atoms with van der Waals surface area (Å²) in [6, 6.07) is 4.73. The van der Waals surface area contributed by atoms with Gasteiger partial charge in [-0.15, -0.1) is 0 Å². The van der Waals surface area contributed by atoms with Crippen molar-refractivity contribution in [1.82, 2.24) is 5.32 Å². The van der Waals surface area contributed by atoms with E-state index in [-0.39, 0.29) is 18.3 Å². The topological polar surface area (TPSA) is 58.6 Å². The molecule has 0 bridgehead atoms. The van der Waals surface area contributed by atoms with Crippen LogP contribution in [0.25, 0.3) is 0 Å². The number of aliphatic hydroxyl groups is 1. The number of amides is 1. The van der Waals surface area contributed by atoms with Crippen molar-refractivity contribution in [2.45, 2.75) is 19.3 Å². The Morgan fingerprint density at radius 1 is 1.50 bits per heavy atom. The van der Waals surface area contributed by atoms with Crippen LogP contribution in [0.3, 0.4) is 0 Å². The van der Waals surface area contributed by atoms with Gasteiger partial charge in [0.1, 0.15) is 0 Å². The first-order chi connectivity index (χ1) is 8.67. The van der Waals surface area contributed by atoms with Gasteiger partial charge in [0.2, 0.25) is 5.91 Å². The number of rotatable bonds is 7. The number of halogens is 1. The van der Waals surface area contributed by atoms with Crippen molar-refractivity contribution in [3.05, 3.63) is 29.6 Å². The Balaban J connectivity index is 2.35. The van der Waals surface area contributed by atoms with Gasteiger partial charge < -0.3 is 15.2 Å². The van der Waals surface area contributed by atoms with Gasteiger partial charge in [-0.1, -0.05) is 6.07 Å². The fourth-order valence-electron chi connectivity index (χ4n) is 1.54. The zero-order valence-corrected chi connectivity index (χ0v) is 10.4. The van der Waals surface area contributed by atoms with Crippen LogP contribution in [-0.4, -0.2) is 31.3 Å². The van der Waals surface area contributed by atoms with Crippen LogP contribution in [0, 0.1) is 5.82 Å². The average Bonchev–Trinajstić information content (AvgIpc) is 2.36. The highest BCUT2D eigenvalue weighted by Gasteiger charge is 2.04. The molecule has 1 amide bonds. The minimum absolute atomic E-state index is 0.0110. The second-order valence-electron chi connectivity index (χ2n) is 3.90. The van der Waals surface area contributed by atoms with Gasteiger partial charge in [-0.25, -0.2) is 4.39 Å². The average molecular weight is 255 g/mol. The third kappa shape index (κ3) is 4.71. The van der Waals surface area contributed by atoms with Gasteiger partial charge >= 0.3 is 0 Å². The summed E-state index contributed by atoms with van der Waals surface area (Å²) in [5.74, 6) is -0.287. The molecular weight excluding hydrogens is 237 g/mol. The second kappa shape index (κ2) is 7.66. The number of ether oxygens (including phenoxy) is 1. The highest BCUT2D eigenvalue weighted by Crippen LogP contribution is 2.17. The number of benzene rings is 1. The molecular formula is C13H18FNO3. The first-order valence-corrected chi connectivity index (χ1v) is 5.87. The molecule has 0 unspecified atom stereocenters. The molecule has 2 N–H and O–H groups in total. The Bertz CT molecular complexity index is 396. The second-order valence-corrected chi connectivity index (χ2v) is 3.90. The summed E-state index contributed by atoms with van der Waals surface area (Å²) in [6.45, 7) is 0.465. The molecule has 0 aliphatic rings. The van der Waals surface area contributed by atoms with E-state index in [1.807, 2.05) is 0 Å². The van der Waals surface area contributed by atoms with E-state index in [1.165, 1.54) is 13.2 Å². The highest BCUT2D eigenvalue weighted by molar-refractivity contribution is 5.75. The van der Waals surface area contributed by atoms with Gasteiger partial charge in [-0.3, -0.25) is 4.79 Å². The summed E-state index contributed by atoms with van der Waals surface area (Å²) >= 11 is 0. The number of aliphatic hydroxyl groups excluding tert-OH is 1. The van der Waals surface area contributed by atoms with Crippen LogP contribution in [-0.2, 0) is 11.2 Å². The number of hydrogen-bond acceptors (Lipinski definition) is 3. The predicted octanol–water partition coefficient (Wildman–Crippen LogP) is 1.27. The summed E-state index contributed by atoms with van der Waals surface area (Å²) in [6.07, 6.45) is 1.34. The molecule has 0 heterocycles. The lowest BCUT2D eigenvalue weighted by Gasteiger charge is -2.06. The van der Waals surface area contributed by atoms with E-state index >= 15 is 0 Å². The normalized spacial score (nSPS) is 10.2. The van der Waals surface area contributed by atoms with Crippen molar-refractivity contribution in [3.8, 4) is 5.75 Å². The number of carbonyl (C=O) groups excluding carboxylic acids is 1. The van der Waals surface area contributed by atoms with Crippen LogP contribution in [0.1, 0.15) is 18.4 Å². The standard InChI is InChI=1S/C13H18FNO3/c1-18-12-5-4-10(9-11(12)14)6-7-15-13(17)3-2-8-16/h4-5,9,16H,2-3,6-8H2,1H3,(H,15,17). The van der Waals surface area contributed by atoms with Crippen molar-refractivity contribution >= 4 is 5.91 Å². The van der Waals surface area contributed by atoms with Crippen LogP contribution >= 0.6 is 0 Å². The molecule has 1 rings (SSSR count). The van der Waals surface area contributed by atoms with Crippen LogP contribution in [0.2, 0.25) is 0 Å². The quantitative estimate of drug-likeness (QED) is 0.771. The maximum atomic E-state index is 13.4. The van der Waals surface area contributed by atoms with Gasteiger partial charge in [-0.2, -0.15) is 0 Å². The molecule has 0 spiro atoms. The predicted molar refractivity (Wildman–Crippen MR) is 66.0 cm³/mol. The Labute approximate surface area is 106 Å². The van der Waals surface area contributed by atoms with E-state index < -0.39 is 5.82 Å². The smallest absolute Gasteiger partial charge is 0.220 e. The number of nitrogens with one attached hydrogen (secondary N) is 1. The molecule has 0 saturated carbocycles. The fraction of sp³-hybridized carbons (Fsp3) is 0.462. The lowest BCUT2D eigenvalue weighted by molar-refractivity contribution is -0.121. The van der Waals surface area contributed by atoms with E-state index in [4.69, 9.17) is 9.84 Å². The minimum atomic E-state index is -0.401. The molecule has 0 atom stereocenters. The van der Waals surface area contributed by atoms with Crippen LogP contribution in [0.15, 0.2) is 18.2 Å². The molecule has 0 saturated heterocycles. The third-order valence-corrected chi connectivity index (χ3v) is 2.51. The third-order valence-electron chi connectivity index (χ3n) is 2.51. The molecule has 0 aliphatic carbocycles. The SMILES string of the molecule is COc1ccc(CCNC(=O)CCCO)cc1F. The largest absolute Gasteiger partial charge is 0.494 e. The molecule has 18 heavy (non-hydrogen) atoms. The lowest BCUT2D eigenvalue weighted by atomic mass is 10.1. The molecule has 0 aliphatic heterocycles. The van der Waals surface area contributed by atoms with Crippen LogP contribution in [0.5, 0.6) is 5.75 Å². The van der Waals surface area contributed by atoms with Gasteiger partial charge in [0.05, 0.1) is 7.11 Å². The van der Waals surface area contributed by atoms with E-state index in [0.29, 0.717) is 25.8 Å². The van der Waals surface area contributed by atoms with Gasteiger partial charge in [0, 0.05) is 19.6 Å². The molecule has 1 aromatic rings. The Hall–Kier alpha value is -1.62. The summed E-state index contributed by atoms with van der Waals surface area (Å²) in [5.41, 5.74) is 0.802. The van der Waals surface area contributed by atoms with Gasteiger partial charge in [0.15, 0.2) is 11.6 Å². The summed E-state index contributed by atoms with van der Waals surface area (Å²) in [5, 5.41) is 11.3. The molecule has 4 nitrogen and oxygen atoms in total. The van der Waals surface area contributed by atoms with Gasteiger partial charge in [-0.05, 0) is 30.5 Å². The Morgan fingerprint density at radius 3 is 2.89 bits per heavy atom. The van der Waals surface area contributed by atoms with E-state index in [0.717, 1.165) is 5.56 Å². The maximum Gasteiger partial charge on any atom is 0.220 e. The van der Waals surface area contributed by atoms with Crippen molar-refractivity contribution < 1.29 is 19.0 Å². The molecule has 0 fully saturated rings.